The lowest BCUT2D eigenvalue weighted by molar-refractivity contribution is 0.110. The van der Waals surface area contributed by atoms with Gasteiger partial charge in [0.25, 0.3) is 0 Å². The second-order valence-corrected chi connectivity index (χ2v) is 2.83. The third-order valence-electron chi connectivity index (χ3n) is 1.89. The molecule has 0 fully saturated rings. The minimum atomic E-state index is -0.607. The molecule has 13 heavy (non-hydrogen) atoms. The summed E-state index contributed by atoms with van der Waals surface area (Å²) in [4.78, 5) is 0. The van der Waals surface area contributed by atoms with E-state index >= 15 is 0 Å². The molecule has 0 saturated carbocycles. The quantitative estimate of drug-likeness (QED) is 0.670. The molecule has 1 aromatic rings. The number of aliphatic hydroxyl groups is 1. The van der Waals surface area contributed by atoms with Crippen molar-refractivity contribution in [2.75, 3.05) is 6.73 Å². The maximum absolute atomic E-state index is 9.27. The van der Waals surface area contributed by atoms with Crippen LogP contribution in [0.4, 0.5) is 0 Å². The monoisotopic (exact) mass is 177 g/mol. The van der Waals surface area contributed by atoms with Gasteiger partial charge in [-0.25, -0.2) is 0 Å². The summed E-state index contributed by atoms with van der Waals surface area (Å²) in [7, 11) is 0. The number of nitrogens with one attached hydrogen (secondary N) is 1. The largest absolute Gasteiger partial charge is 0.478 e. The second kappa shape index (κ2) is 3.60. The van der Waals surface area contributed by atoms with E-state index in [9.17, 15) is 5.11 Å². The number of rotatable bonds is 1. The van der Waals surface area contributed by atoms with Crippen LogP contribution in [0, 0.1) is 0 Å². The minimum absolute atomic E-state index is 0.349. The summed E-state index contributed by atoms with van der Waals surface area (Å²) in [6, 6.07) is 9.72. The molecule has 1 unspecified atom stereocenters. The molecule has 2 N–H and O–H groups in total. The number of aliphatic hydroxyl groups excluding tert-OH is 1. The molecule has 0 bridgehead atoms. The van der Waals surface area contributed by atoms with Gasteiger partial charge in [0, 0.05) is 11.6 Å². The molecule has 2 rings (SSSR count). The molecule has 3 heteroatoms. The van der Waals surface area contributed by atoms with Crippen LogP contribution >= 0.6 is 0 Å². The van der Waals surface area contributed by atoms with Crippen LogP contribution < -0.4 is 5.32 Å². The Morgan fingerprint density at radius 3 is 2.77 bits per heavy atom. The predicted molar refractivity (Wildman–Crippen MR) is 49.5 cm³/mol. The molecular formula is C10H11NO2. The maximum Gasteiger partial charge on any atom is 0.141 e. The molecular weight excluding hydrogens is 166 g/mol. The van der Waals surface area contributed by atoms with Gasteiger partial charge in [0.2, 0.25) is 0 Å². The van der Waals surface area contributed by atoms with Crippen molar-refractivity contribution in [1.82, 2.24) is 5.32 Å². The van der Waals surface area contributed by atoms with E-state index in [4.69, 9.17) is 4.74 Å². The third kappa shape index (κ3) is 1.88. The van der Waals surface area contributed by atoms with Crippen molar-refractivity contribution in [3.63, 3.8) is 0 Å². The molecule has 3 nitrogen and oxygen atoms in total. The third-order valence-corrected chi connectivity index (χ3v) is 1.89. The SMILES string of the molecule is OC1C=C(c2ccccc2)OCN1. The first-order valence-electron chi connectivity index (χ1n) is 4.18. The van der Waals surface area contributed by atoms with Gasteiger partial charge in [0.05, 0.1) is 0 Å². The van der Waals surface area contributed by atoms with Gasteiger partial charge in [-0.1, -0.05) is 30.3 Å². The van der Waals surface area contributed by atoms with Crippen LogP contribution in [-0.4, -0.2) is 18.1 Å². The number of hydrogen-bond acceptors (Lipinski definition) is 3. The van der Waals surface area contributed by atoms with Crippen LogP contribution in [0.5, 0.6) is 0 Å². The summed E-state index contributed by atoms with van der Waals surface area (Å²) in [5, 5.41) is 12.0. The highest BCUT2D eigenvalue weighted by Gasteiger charge is 2.11. The van der Waals surface area contributed by atoms with E-state index in [0.29, 0.717) is 6.73 Å². The van der Waals surface area contributed by atoms with E-state index in [-0.39, 0.29) is 0 Å². The Balaban J connectivity index is 2.26. The molecule has 68 valence electrons. The van der Waals surface area contributed by atoms with E-state index < -0.39 is 6.23 Å². The molecule has 0 spiro atoms. The van der Waals surface area contributed by atoms with Crippen molar-refractivity contribution in [3.05, 3.63) is 42.0 Å². The highest BCUT2D eigenvalue weighted by Crippen LogP contribution is 2.17. The van der Waals surface area contributed by atoms with Gasteiger partial charge in [0.15, 0.2) is 0 Å². The van der Waals surface area contributed by atoms with Crippen molar-refractivity contribution >= 4 is 5.76 Å². The Bertz CT molecular complexity index is 308. The number of benzene rings is 1. The van der Waals surface area contributed by atoms with E-state index in [2.05, 4.69) is 5.32 Å². The van der Waals surface area contributed by atoms with Gasteiger partial charge in [-0.2, -0.15) is 0 Å². The Hall–Kier alpha value is -1.32. The van der Waals surface area contributed by atoms with E-state index in [1.807, 2.05) is 30.3 Å². The lowest BCUT2D eigenvalue weighted by atomic mass is 10.1. The van der Waals surface area contributed by atoms with Crippen molar-refractivity contribution in [2.45, 2.75) is 6.23 Å². The number of ether oxygens (including phenoxy) is 1. The summed E-state index contributed by atoms with van der Waals surface area (Å²) in [6.45, 7) is 0.349. The van der Waals surface area contributed by atoms with E-state index in [1.165, 1.54) is 0 Å². The van der Waals surface area contributed by atoms with Crippen LogP contribution in [0.1, 0.15) is 5.56 Å². The first kappa shape index (κ1) is 8.29. The molecule has 0 radical (unpaired) electrons. The van der Waals surface area contributed by atoms with Gasteiger partial charge >= 0.3 is 0 Å². The van der Waals surface area contributed by atoms with Crippen LogP contribution in [0.25, 0.3) is 5.76 Å². The maximum atomic E-state index is 9.27. The fraction of sp³-hybridized carbons (Fsp3) is 0.200. The lowest BCUT2D eigenvalue weighted by Crippen LogP contribution is -2.32. The normalized spacial score (nSPS) is 21.9. The summed E-state index contributed by atoms with van der Waals surface area (Å²) in [5.74, 6) is 0.729. The second-order valence-electron chi connectivity index (χ2n) is 2.83. The molecule has 0 saturated heterocycles. The smallest absolute Gasteiger partial charge is 0.141 e. The van der Waals surface area contributed by atoms with Crippen LogP contribution in [0.3, 0.4) is 0 Å². The topological polar surface area (TPSA) is 41.5 Å². The Morgan fingerprint density at radius 2 is 2.08 bits per heavy atom. The van der Waals surface area contributed by atoms with Crippen molar-refractivity contribution in [3.8, 4) is 0 Å². The zero-order valence-electron chi connectivity index (χ0n) is 7.10. The Morgan fingerprint density at radius 1 is 1.31 bits per heavy atom. The zero-order valence-corrected chi connectivity index (χ0v) is 7.10. The molecule has 1 aliphatic heterocycles. The molecule has 1 atom stereocenters. The van der Waals surface area contributed by atoms with Crippen molar-refractivity contribution in [1.29, 1.82) is 0 Å². The molecule has 1 heterocycles. The molecule has 0 aromatic heterocycles. The summed E-state index contributed by atoms with van der Waals surface area (Å²) in [5.41, 5.74) is 0.989. The fourth-order valence-corrected chi connectivity index (χ4v) is 1.24. The average molecular weight is 177 g/mol. The van der Waals surface area contributed by atoms with Crippen LogP contribution in [0.2, 0.25) is 0 Å². The highest BCUT2D eigenvalue weighted by molar-refractivity contribution is 5.60. The Kier molecular flexibility index (Phi) is 2.29. The van der Waals surface area contributed by atoms with Gasteiger partial charge in [-0.3, -0.25) is 5.32 Å². The van der Waals surface area contributed by atoms with Crippen LogP contribution in [0.15, 0.2) is 36.4 Å². The Labute approximate surface area is 76.7 Å². The number of hydrogen-bond donors (Lipinski definition) is 2. The van der Waals surface area contributed by atoms with Gasteiger partial charge < -0.3 is 9.84 Å². The first-order chi connectivity index (χ1) is 6.36. The highest BCUT2D eigenvalue weighted by atomic mass is 16.5. The van der Waals surface area contributed by atoms with Crippen molar-refractivity contribution < 1.29 is 9.84 Å². The standard InChI is InChI=1S/C10H11NO2/c12-10-6-9(13-7-11-10)8-4-2-1-3-5-8/h1-6,10-12H,7H2. The van der Waals surface area contributed by atoms with Gasteiger partial charge in [-0.05, 0) is 0 Å². The van der Waals surface area contributed by atoms with Crippen LogP contribution in [-0.2, 0) is 4.74 Å². The first-order valence-corrected chi connectivity index (χ1v) is 4.18. The van der Waals surface area contributed by atoms with E-state index in [1.54, 1.807) is 6.08 Å². The van der Waals surface area contributed by atoms with Gasteiger partial charge in [-0.15, -0.1) is 0 Å². The predicted octanol–water partition coefficient (Wildman–Crippen LogP) is 0.923. The van der Waals surface area contributed by atoms with E-state index in [0.717, 1.165) is 11.3 Å². The fourth-order valence-electron chi connectivity index (χ4n) is 1.24. The summed E-state index contributed by atoms with van der Waals surface area (Å²) >= 11 is 0. The average Bonchev–Trinajstić information content (AvgIpc) is 2.19. The molecule has 0 aliphatic carbocycles. The molecule has 0 amide bonds. The summed E-state index contributed by atoms with van der Waals surface area (Å²) < 4.78 is 5.32. The minimum Gasteiger partial charge on any atom is -0.478 e. The molecule has 1 aliphatic rings. The van der Waals surface area contributed by atoms with Gasteiger partial charge in [0.1, 0.15) is 18.7 Å². The zero-order chi connectivity index (χ0) is 9.10. The lowest BCUT2D eigenvalue weighted by Gasteiger charge is -2.19. The summed E-state index contributed by atoms with van der Waals surface area (Å²) in [6.07, 6.45) is 1.04. The van der Waals surface area contributed by atoms with Crippen molar-refractivity contribution in [2.24, 2.45) is 0 Å². The molecule has 1 aromatic carbocycles.